The first-order chi connectivity index (χ1) is 15.7. The van der Waals surface area contributed by atoms with E-state index in [1.807, 2.05) is 26.8 Å². The number of rotatable bonds is 6. The van der Waals surface area contributed by atoms with Crippen molar-refractivity contribution in [2.45, 2.75) is 69.5 Å². The molecule has 2 heterocycles. The Morgan fingerprint density at radius 2 is 1.70 bits per heavy atom. The molecule has 9 heteroatoms. The summed E-state index contributed by atoms with van der Waals surface area (Å²) in [7, 11) is -3.55. The lowest BCUT2D eigenvalue weighted by molar-refractivity contribution is -0.129. The maximum atomic E-state index is 13.0. The first kappa shape index (κ1) is 24.3. The van der Waals surface area contributed by atoms with E-state index in [0.717, 1.165) is 22.0 Å². The summed E-state index contributed by atoms with van der Waals surface area (Å²) in [4.78, 5) is 19.7. The predicted molar refractivity (Wildman–Crippen MR) is 131 cm³/mol. The fourth-order valence-electron chi connectivity index (χ4n) is 4.71. The van der Waals surface area contributed by atoms with E-state index >= 15 is 0 Å². The van der Waals surface area contributed by atoms with Gasteiger partial charge in [-0.3, -0.25) is 4.79 Å². The summed E-state index contributed by atoms with van der Waals surface area (Å²) in [5, 5.41) is 0.932. The third kappa shape index (κ3) is 5.00. The maximum absolute atomic E-state index is 13.0. The van der Waals surface area contributed by atoms with Crippen LogP contribution in [0.15, 0.2) is 28.3 Å². The highest BCUT2D eigenvalue weighted by molar-refractivity contribution is 7.99. The number of hydrogen-bond acceptors (Lipinski definition) is 5. The molecule has 0 spiro atoms. The van der Waals surface area contributed by atoms with E-state index in [1.165, 1.54) is 47.4 Å². The van der Waals surface area contributed by atoms with Crippen LogP contribution in [0.3, 0.4) is 0 Å². The smallest absolute Gasteiger partial charge is 0.243 e. The number of aryl methyl sites for hydroxylation is 3. The van der Waals surface area contributed by atoms with Gasteiger partial charge in [0.2, 0.25) is 15.9 Å². The van der Waals surface area contributed by atoms with Gasteiger partial charge in [-0.1, -0.05) is 30.7 Å². The molecule has 7 nitrogen and oxygen atoms in total. The largest absolute Gasteiger partial charge is 0.339 e. The SMILES string of the molecule is Cc1ccc(S(=O)(=O)N2CCN(C(=O)CSc3nc(C)c(C)n3C3CCCC3)CC2)cc1C. The molecule has 0 bridgehead atoms. The number of piperazine rings is 1. The van der Waals surface area contributed by atoms with Crippen LogP contribution in [0.25, 0.3) is 0 Å². The molecule has 0 unspecified atom stereocenters. The van der Waals surface area contributed by atoms with Gasteiger partial charge in [-0.2, -0.15) is 4.31 Å². The first-order valence-corrected chi connectivity index (χ1v) is 14.1. The van der Waals surface area contributed by atoms with Gasteiger partial charge in [0, 0.05) is 37.9 Å². The Hall–Kier alpha value is -1.84. The number of carbonyl (C=O) groups is 1. The van der Waals surface area contributed by atoms with Crippen molar-refractivity contribution < 1.29 is 13.2 Å². The van der Waals surface area contributed by atoms with Crippen LogP contribution in [-0.4, -0.2) is 65.0 Å². The van der Waals surface area contributed by atoms with E-state index in [0.29, 0.717) is 42.9 Å². The molecule has 1 amide bonds. The number of carbonyl (C=O) groups excluding carboxylic acids is 1. The summed E-state index contributed by atoms with van der Waals surface area (Å²) in [5.74, 6) is 0.367. The lowest BCUT2D eigenvalue weighted by Crippen LogP contribution is -2.51. The lowest BCUT2D eigenvalue weighted by atomic mass is 10.1. The predicted octanol–water partition coefficient (Wildman–Crippen LogP) is 3.86. The molecule has 2 aromatic rings. The summed E-state index contributed by atoms with van der Waals surface area (Å²) in [5.41, 5.74) is 4.26. The number of amides is 1. The Kier molecular flexibility index (Phi) is 7.21. The van der Waals surface area contributed by atoms with Crippen LogP contribution in [-0.2, 0) is 14.8 Å². The molecular formula is C24H34N4O3S2. The fraction of sp³-hybridized carbons (Fsp3) is 0.583. The van der Waals surface area contributed by atoms with Crippen LogP contribution in [0, 0.1) is 27.7 Å². The molecule has 4 rings (SSSR count). The molecule has 0 N–H and O–H groups in total. The number of thioether (sulfide) groups is 1. The Morgan fingerprint density at radius 3 is 2.33 bits per heavy atom. The fourth-order valence-corrected chi connectivity index (χ4v) is 7.28. The standard InChI is InChI=1S/C24H34N4O3S2/c1-17-9-10-22(15-18(17)2)33(30,31)27-13-11-26(12-14-27)23(29)16-32-24-25-19(3)20(4)28(24)21-7-5-6-8-21/h9-10,15,21H,5-8,11-14,16H2,1-4H3. The third-order valence-electron chi connectivity index (χ3n) is 7.08. The summed E-state index contributed by atoms with van der Waals surface area (Å²) in [6.07, 6.45) is 4.85. The molecule has 2 fully saturated rings. The highest BCUT2D eigenvalue weighted by atomic mass is 32.2. The number of hydrogen-bond donors (Lipinski definition) is 0. The van der Waals surface area contributed by atoms with Crippen LogP contribution in [0.2, 0.25) is 0 Å². The average Bonchev–Trinajstić information content (AvgIpc) is 3.42. The number of nitrogens with zero attached hydrogens (tertiary/aromatic N) is 4. The van der Waals surface area contributed by atoms with Gasteiger partial charge in [-0.05, 0) is 63.8 Å². The van der Waals surface area contributed by atoms with E-state index in [2.05, 4.69) is 11.5 Å². The second-order valence-corrected chi connectivity index (χ2v) is 12.1. The average molecular weight is 491 g/mol. The number of imidazole rings is 1. The van der Waals surface area contributed by atoms with Crippen molar-refractivity contribution in [1.29, 1.82) is 0 Å². The van der Waals surface area contributed by atoms with Crippen molar-refractivity contribution in [3.63, 3.8) is 0 Å². The zero-order valence-electron chi connectivity index (χ0n) is 20.0. The van der Waals surface area contributed by atoms with Gasteiger partial charge >= 0.3 is 0 Å². The lowest BCUT2D eigenvalue weighted by Gasteiger charge is -2.34. The molecule has 1 aromatic heterocycles. The van der Waals surface area contributed by atoms with Gasteiger partial charge < -0.3 is 9.47 Å². The van der Waals surface area contributed by atoms with E-state index in [-0.39, 0.29) is 5.91 Å². The van der Waals surface area contributed by atoms with Crippen molar-refractivity contribution in [2.24, 2.45) is 0 Å². The quantitative estimate of drug-likeness (QED) is 0.575. The topological polar surface area (TPSA) is 75.5 Å². The van der Waals surface area contributed by atoms with Crippen LogP contribution >= 0.6 is 11.8 Å². The molecule has 0 atom stereocenters. The summed E-state index contributed by atoms with van der Waals surface area (Å²) in [6, 6.07) is 5.73. The van der Waals surface area contributed by atoms with Gasteiger partial charge in [0.05, 0.1) is 16.3 Å². The van der Waals surface area contributed by atoms with Crippen LogP contribution in [0.1, 0.15) is 54.2 Å². The van der Waals surface area contributed by atoms with Crippen molar-refractivity contribution in [3.8, 4) is 0 Å². The Balaban J connectivity index is 1.36. The Bertz CT molecular complexity index is 1130. The minimum absolute atomic E-state index is 0.0412. The first-order valence-electron chi connectivity index (χ1n) is 11.7. The molecule has 2 aliphatic rings. The summed E-state index contributed by atoms with van der Waals surface area (Å²) in [6.45, 7) is 9.50. The van der Waals surface area contributed by atoms with E-state index < -0.39 is 10.0 Å². The highest BCUT2D eigenvalue weighted by Gasteiger charge is 2.31. The number of sulfonamides is 1. The number of aromatic nitrogens is 2. The van der Waals surface area contributed by atoms with Crippen molar-refractivity contribution in [1.82, 2.24) is 18.8 Å². The zero-order chi connectivity index (χ0) is 23.8. The molecule has 1 saturated carbocycles. The van der Waals surface area contributed by atoms with Gasteiger partial charge in [0.25, 0.3) is 0 Å². The summed E-state index contributed by atoms with van der Waals surface area (Å²) >= 11 is 1.51. The van der Waals surface area contributed by atoms with Crippen LogP contribution in [0.5, 0.6) is 0 Å². The monoisotopic (exact) mass is 490 g/mol. The van der Waals surface area contributed by atoms with Crippen molar-refractivity contribution in [2.75, 3.05) is 31.9 Å². The molecule has 33 heavy (non-hydrogen) atoms. The molecule has 180 valence electrons. The zero-order valence-corrected chi connectivity index (χ0v) is 21.6. The molecule has 0 radical (unpaired) electrons. The molecule has 1 saturated heterocycles. The highest BCUT2D eigenvalue weighted by Crippen LogP contribution is 2.35. The van der Waals surface area contributed by atoms with E-state index in [9.17, 15) is 13.2 Å². The van der Waals surface area contributed by atoms with Crippen LogP contribution < -0.4 is 0 Å². The number of benzene rings is 1. The molecular weight excluding hydrogens is 456 g/mol. The van der Waals surface area contributed by atoms with Gasteiger partial charge in [0.1, 0.15) is 0 Å². The van der Waals surface area contributed by atoms with Gasteiger partial charge in [-0.25, -0.2) is 13.4 Å². The Labute approximate surface area is 201 Å². The molecule has 1 aliphatic carbocycles. The third-order valence-corrected chi connectivity index (χ3v) is 9.91. The maximum Gasteiger partial charge on any atom is 0.243 e. The van der Waals surface area contributed by atoms with Gasteiger partial charge in [0.15, 0.2) is 5.16 Å². The van der Waals surface area contributed by atoms with Gasteiger partial charge in [-0.15, -0.1) is 0 Å². The molecule has 1 aliphatic heterocycles. The van der Waals surface area contributed by atoms with Crippen molar-refractivity contribution in [3.05, 3.63) is 40.7 Å². The minimum Gasteiger partial charge on any atom is -0.339 e. The minimum atomic E-state index is -3.55. The second kappa shape index (κ2) is 9.80. The van der Waals surface area contributed by atoms with E-state index in [1.54, 1.807) is 17.0 Å². The van der Waals surface area contributed by atoms with Crippen molar-refractivity contribution >= 4 is 27.7 Å². The Morgan fingerprint density at radius 1 is 1.03 bits per heavy atom. The van der Waals surface area contributed by atoms with E-state index in [4.69, 9.17) is 4.98 Å². The second-order valence-electron chi connectivity index (χ2n) is 9.19. The van der Waals surface area contributed by atoms with Crippen LogP contribution in [0.4, 0.5) is 0 Å². The normalized spacial score (nSPS) is 18.2. The molecule has 1 aromatic carbocycles. The summed E-state index contributed by atoms with van der Waals surface area (Å²) < 4.78 is 29.9.